The molecule has 0 bridgehead atoms. The van der Waals surface area contributed by atoms with Gasteiger partial charge in [-0.25, -0.2) is 9.37 Å². The quantitative estimate of drug-likeness (QED) is 0.709. The Morgan fingerprint density at radius 2 is 2.00 bits per heavy atom. The van der Waals surface area contributed by atoms with E-state index in [0.29, 0.717) is 22.9 Å². The highest BCUT2D eigenvalue weighted by Gasteiger charge is 2.19. The van der Waals surface area contributed by atoms with Crippen LogP contribution in [0.5, 0.6) is 0 Å². The van der Waals surface area contributed by atoms with Crippen LogP contribution in [0, 0.1) is 5.82 Å². The van der Waals surface area contributed by atoms with Crippen LogP contribution in [-0.2, 0) is 0 Å². The second kappa shape index (κ2) is 8.41. The van der Waals surface area contributed by atoms with Gasteiger partial charge in [-0.2, -0.15) is 0 Å². The number of piperazine rings is 1. The zero-order valence-electron chi connectivity index (χ0n) is 16.2. The van der Waals surface area contributed by atoms with E-state index in [4.69, 9.17) is 0 Å². The molecule has 148 valence electrons. The van der Waals surface area contributed by atoms with E-state index >= 15 is 0 Å². The first-order valence-corrected chi connectivity index (χ1v) is 9.71. The van der Waals surface area contributed by atoms with Crippen LogP contribution >= 0.6 is 0 Å². The summed E-state index contributed by atoms with van der Waals surface area (Å²) in [4.78, 5) is 19.2. The molecule has 1 aliphatic heterocycles. The van der Waals surface area contributed by atoms with Crippen molar-refractivity contribution in [2.75, 3.05) is 29.9 Å². The largest absolute Gasteiger partial charge is 0.351 e. The molecular formula is C23H23FN4O. The molecule has 1 atom stereocenters. The number of rotatable bonds is 4. The fourth-order valence-electron chi connectivity index (χ4n) is 3.52. The monoisotopic (exact) mass is 390 g/mol. The lowest BCUT2D eigenvalue weighted by atomic mass is 10.0. The second-order valence-electron chi connectivity index (χ2n) is 7.17. The molecule has 0 radical (unpaired) electrons. The average Bonchev–Trinajstić information content (AvgIpc) is 2.75. The molecular weight excluding hydrogens is 367 g/mol. The topological polar surface area (TPSA) is 57.3 Å². The maximum absolute atomic E-state index is 14.5. The van der Waals surface area contributed by atoms with Crippen molar-refractivity contribution in [3.05, 3.63) is 78.2 Å². The zero-order chi connectivity index (χ0) is 20.2. The normalized spacial score (nSPS) is 16.5. The fraction of sp³-hybridized carbons (Fsp3) is 0.217. The van der Waals surface area contributed by atoms with Crippen LogP contribution in [0.2, 0.25) is 0 Å². The van der Waals surface area contributed by atoms with Crippen LogP contribution in [0.25, 0.3) is 11.1 Å². The van der Waals surface area contributed by atoms with Crippen molar-refractivity contribution >= 4 is 17.4 Å². The Hall–Kier alpha value is -3.25. The van der Waals surface area contributed by atoms with E-state index in [9.17, 15) is 9.18 Å². The van der Waals surface area contributed by atoms with Crippen LogP contribution in [0.4, 0.5) is 15.9 Å². The molecule has 0 spiro atoms. The predicted molar refractivity (Wildman–Crippen MR) is 114 cm³/mol. The fourth-order valence-corrected chi connectivity index (χ4v) is 3.52. The number of benzene rings is 2. The number of nitrogens with zero attached hydrogens (tertiary/aromatic N) is 2. The summed E-state index contributed by atoms with van der Waals surface area (Å²) < 4.78 is 14.5. The number of pyridine rings is 1. The molecule has 2 N–H and O–H groups in total. The summed E-state index contributed by atoms with van der Waals surface area (Å²) in [7, 11) is 0. The SMILES string of the molecule is C[C@@H]1CNCCN1c1ccc(C(=O)Nc2ccc(-c3ccccc3)c(F)c2)cn1. The van der Waals surface area contributed by atoms with Gasteiger partial charge in [-0.3, -0.25) is 4.79 Å². The molecule has 1 aliphatic rings. The molecule has 4 rings (SSSR count). The van der Waals surface area contributed by atoms with E-state index in [1.165, 1.54) is 6.07 Å². The van der Waals surface area contributed by atoms with Gasteiger partial charge in [0.15, 0.2) is 0 Å². The number of anilines is 2. The van der Waals surface area contributed by atoms with Crippen LogP contribution < -0.4 is 15.5 Å². The highest BCUT2D eigenvalue weighted by Crippen LogP contribution is 2.25. The number of carbonyl (C=O) groups is 1. The van der Waals surface area contributed by atoms with Crippen molar-refractivity contribution in [2.24, 2.45) is 0 Å². The van der Waals surface area contributed by atoms with Gasteiger partial charge in [0.05, 0.1) is 5.56 Å². The first-order valence-electron chi connectivity index (χ1n) is 9.71. The highest BCUT2D eigenvalue weighted by molar-refractivity contribution is 6.04. The Bertz CT molecular complexity index is 992. The zero-order valence-corrected chi connectivity index (χ0v) is 16.2. The van der Waals surface area contributed by atoms with Gasteiger partial charge >= 0.3 is 0 Å². The summed E-state index contributed by atoms with van der Waals surface area (Å²) >= 11 is 0. The molecule has 0 saturated carbocycles. The van der Waals surface area contributed by atoms with Crippen molar-refractivity contribution in [1.29, 1.82) is 0 Å². The lowest BCUT2D eigenvalue weighted by Gasteiger charge is -2.34. The number of hydrogen-bond donors (Lipinski definition) is 2. The van der Waals surface area contributed by atoms with Crippen LogP contribution in [0.3, 0.4) is 0 Å². The van der Waals surface area contributed by atoms with Crippen LogP contribution in [0.15, 0.2) is 66.9 Å². The van der Waals surface area contributed by atoms with E-state index in [-0.39, 0.29) is 11.7 Å². The number of nitrogens with one attached hydrogen (secondary N) is 2. The van der Waals surface area contributed by atoms with E-state index in [0.717, 1.165) is 31.0 Å². The second-order valence-corrected chi connectivity index (χ2v) is 7.17. The lowest BCUT2D eigenvalue weighted by Crippen LogP contribution is -2.50. The van der Waals surface area contributed by atoms with E-state index in [2.05, 4.69) is 27.4 Å². The van der Waals surface area contributed by atoms with Crippen molar-refractivity contribution in [2.45, 2.75) is 13.0 Å². The summed E-state index contributed by atoms with van der Waals surface area (Å²) in [6, 6.07) is 18.0. The summed E-state index contributed by atoms with van der Waals surface area (Å²) in [5.41, 5.74) is 2.14. The average molecular weight is 390 g/mol. The Balaban J connectivity index is 1.46. The number of carbonyl (C=O) groups excluding carboxylic acids is 1. The first-order chi connectivity index (χ1) is 14.1. The molecule has 6 heteroatoms. The van der Waals surface area contributed by atoms with Crippen LogP contribution in [0.1, 0.15) is 17.3 Å². The Morgan fingerprint density at radius 1 is 1.17 bits per heavy atom. The predicted octanol–water partition coefficient (Wildman–Crippen LogP) is 3.94. The maximum atomic E-state index is 14.5. The summed E-state index contributed by atoms with van der Waals surface area (Å²) in [6.07, 6.45) is 1.56. The molecule has 3 aromatic rings. The van der Waals surface area contributed by atoms with Gasteiger partial charge in [-0.15, -0.1) is 0 Å². The van der Waals surface area contributed by atoms with Crippen molar-refractivity contribution in [3.8, 4) is 11.1 Å². The third-order valence-corrected chi connectivity index (χ3v) is 5.12. The summed E-state index contributed by atoms with van der Waals surface area (Å²) in [5.74, 6) is 0.160. The van der Waals surface area contributed by atoms with Gasteiger partial charge in [0, 0.05) is 43.1 Å². The summed E-state index contributed by atoms with van der Waals surface area (Å²) in [6.45, 7) is 4.85. The lowest BCUT2D eigenvalue weighted by molar-refractivity contribution is 0.102. The number of aromatic nitrogens is 1. The molecule has 1 amide bonds. The summed E-state index contributed by atoms with van der Waals surface area (Å²) in [5, 5.41) is 6.09. The Labute approximate surface area is 169 Å². The van der Waals surface area contributed by atoms with Crippen LogP contribution in [-0.4, -0.2) is 36.6 Å². The standard InChI is InChI=1S/C23H23FN4O/c1-16-14-25-11-12-28(16)22-10-7-18(15-26-22)23(29)27-19-8-9-20(21(24)13-19)17-5-3-2-4-6-17/h2-10,13,15-16,25H,11-12,14H2,1H3,(H,27,29)/t16-/m1/s1. The minimum Gasteiger partial charge on any atom is -0.351 e. The number of amides is 1. The molecule has 5 nitrogen and oxygen atoms in total. The van der Waals surface area contributed by atoms with Crippen molar-refractivity contribution in [3.63, 3.8) is 0 Å². The minimum atomic E-state index is -0.379. The molecule has 0 unspecified atom stereocenters. The van der Waals surface area contributed by atoms with Gasteiger partial charge in [0.2, 0.25) is 0 Å². The third-order valence-electron chi connectivity index (χ3n) is 5.12. The number of halogens is 1. The number of hydrogen-bond acceptors (Lipinski definition) is 4. The minimum absolute atomic E-state index is 0.315. The van der Waals surface area contributed by atoms with Gasteiger partial charge < -0.3 is 15.5 Å². The van der Waals surface area contributed by atoms with E-state index in [1.54, 1.807) is 24.4 Å². The van der Waals surface area contributed by atoms with E-state index in [1.807, 2.05) is 36.4 Å². The Kier molecular flexibility index (Phi) is 5.53. The van der Waals surface area contributed by atoms with Gasteiger partial charge in [0.1, 0.15) is 11.6 Å². The highest BCUT2D eigenvalue weighted by atomic mass is 19.1. The van der Waals surface area contributed by atoms with Gasteiger partial charge in [-0.1, -0.05) is 30.3 Å². The molecule has 1 saturated heterocycles. The van der Waals surface area contributed by atoms with Crippen molar-refractivity contribution in [1.82, 2.24) is 10.3 Å². The molecule has 29 heavy (non-hydrogen) atoms. The Morgan fingerprint density at radius 3 is 2.69 bits per heavy atom. The van der Waals surface area contributed by atoms with Crippen molar-refractivity contribution < 1.29 is 9.18 Å². The molecule has 2 aromatic carbocycles. The smallest absolute Gasteiger partial charge is 0.257 e. The molecule has 1 fully saturated rings. The third kappa shape index (κ3) is 4.27. The maximum Gasteiger partial charge on any atom is 0.257 e. The molecule has 0 aliphatic carbocycles. The van der Waals surface area contributed by atoms with Gasteiger partial charge in [0.25, 0.3) is 5.91 Å². The molecule has 1 aromatic heterocycles. The molecule has 2 heterocycles. The van der Waals surface area contributed by atoms with Gasteiger partial charge in [-0.05, 0) is 42.8 Å². The first kappa shape index (κ1) is 19.1. The van der Waals surface area contributed by atoms with E-state index < -0.39 is 0 Å².